The molecule has 4 aliphatic heterocycles. The number of phenols is 1. The third-order valence-electron chi connectivity index (χ3n) is 12.6. The standard InChI is InChI=1S/C42H41N3O6/c1-42-34(39(48)45(41(42)50)28-10-6-3-7-11-28)22-33-31(37(42)27-20-26-21-30(46)12-15-35(26)51-24-27)13-14-32-36(33)40(49)44(38(32)47)29-16-18-43(19-17-29)23-25-8-4-2-5-9-25/h2-13,15,21,24,29,32-34,36-37,46H,14,16-20,22-23H2,1H3/t32-,33+,34-,36-,37-,42+/m0/s1. The van der Waals surface area contributed by atoms with Crippen LogP contribution in [0.1, 0.15) is 43.7 Å². The quantitative estimate of drug-likeness (QED) is 0.274. The van der Waals surface area contributed by atoms with Crippen molar-refractivity contribution in [1.82, 2.24) is 9.80 Å². The number of allylic oxidation sites excluding steroid dienone is 3. The lowest BCUT2D eigenvalue weighted by molar-refractivity contribution is -0.144. The van der Waals surface area contributed by atoms with Crippen LogP contribution < -0.4 is 9.64 Å². The Labute approximate surface area is 297 Å². The predicted octanol–water partition coefficient (Wildman–Crippen LogP) is 5.64. The van der Waals surface area contributed by atoms with Crippen LogP contribution in [0.5, 0.6) is 11.5 Å². The number of imide groups is 2. The number of hydrogen-bond acceptors (Lipinski definition) is 7. The van der Waals surface area contributed by atoms with Gasteiger partial charge >= 0.3 is 0 Å². The van der Waals surface area contributed by atoms with E-state index in [-0.39, 0.29) is 41.3 Å². The van der Waals surface area contributed by atoms with E-state index in [1.165, 1.54) is 10.5 Å². The smallest absolute Gasteiger partial charge is 0.241 e. The second-order valence-electron chi connectivity index (χ2n) is 15.3. The molecule has 3 aromatic carbocycles. The summed E-state index contributed by atoms with van der Waals surface area (Å²) in [5.74, 6) is -2.68. The lowest BCUT2D eigenvalue weighted by Gasteiger charge is -2.50. The first-order valence-electron chi connectivity index (χ1n) is 18.2. The Kier molecular flexibility index (Phi) is 7.54. The highest BCUT2D eigenvalue weighted by Crippen LogP contribution is 2.63. The highest BCUT2D eigenvalue weighted by molar-refractivity contribution is 6.24. The molecule has 4 heterocycles. The third kappa shape index (κ3) is 4.92. The van der Waals surface area contributed by atoms with Gasteiger partial charge in [0.15, 0.2) is 0 Å². The summed E-state index contributed by atoms with van der Waals surface area (Å²) in [7, 11) is 0. The molecule has 9 nitrogen and oxygen atoms in total. The fourth-order valence-corrected chi connectivity index (χ4v) is 10.2. The number of para-hydroxylation sites is 1. The summed E-state index contributed by atoms with van der Waals surface area (Å²) < 4.78 is 6.11. The van der Waals surface area contributed by atoms with Gasteiger partial charge in [0.2, 0.25) is 23.6 Å². The number of likely N-dealkylation sites (tertiary alicyclic amines) is 2. The number of fused-ring (bicyclic) bond motifs is 5. The molecule has 3 aromatic rings. The van der Waals surface area contributed by atoms with Gasteiger partial charge in [0.1, 0.15) is 11.5 Å². The van der Waals surface area contributed by atoms with Gasteiger partial charge in [-0.2, -0.15) is 0 Å². The summed E-state index contributed by atoms with van der Waals surface area (Å²) in [5, 5.41) is 10.3. The van der Waals surface area contributed by atoms with E-state index < -0.39 is 29.1 Å². The number of hydrogen-bond donors (Lipinski definition) is 1. The molecule has 6 aliphatic rings. The van der Waals surface area contributed by atoms with Crippen LogP contribution in [-0.2, 0) is 32.1 Å². The minimum atomic E-state index is -1.14. The molecule has 0 spiro atoms. The number of carbonyl (C=O) groups is 4. The van der Waals surface area contributed by atoms with Crippen molar-refractivity contribution in [2.45, 2.75) is 51.6 Å². The van der Waals surface area contributed by atoms with Gasteiger partial charge in [-0.1, -0.05) is 60.2 Å². The van der Waals surface area contributed by atoms with Crippen LogP contribution in [0, 0.1) is 35.0 Å². The molecule has 1 saturated carbocycles. The van der Waals surface area contributed by atoms with Crippen molar-refractivity contribution in [3.63, 3.8) is 0 Å². The van der Waals surface area contributed by atoms with Gasteiger partial charge in [0.25, 0.3) is 0 Å². The van der Waals surface area contributed by atoms with Crippen molar-refractivity contribution >= 4 is 29.3 Å². The molecule has 260 valence electrons. The summed E-state index contributed by atoms with van der Waals surface area (Å²) in [6.07, 6.45) is 6.40. The summed E-state index contributed by atoms with van der Waals surface area (Å²) in [5.41, 5.74) is 3.20. The fourth-order valence-electron chi connectivity index (χ4n) is 10.2. The van der Waals surface area contributed by atoms with Gasteiger partial charge in [0, 0.05) is 43.6 Å². The fraction of sp³-hybridized carbons (Fsp3) is 0.381. The number of benzene rings is 3. The van der Waals surface area contributed by atoms with Crippen molar-refractivity contribution in [2.75, 3.05) is 18.0 Å². The Morgan fingerprint density at radius 1 is 0.863 bits per heavy atom. The number of carbonyl (C=O) groups excluding carboxylic acids is 4. The predicted molar refractivity (Wildman–Crippen MR) is 189 cm³/mol. The van der Waals surface area contributed by atoms with Gasteiger partial charge in [-0.15, -0.1) is 0 Å². The molecule has 0 radical (unpaired) electrons. The zero-order valence-corrected chi connectivity index (χ0v) is 28.6. The maximum absolute atomic E-state index is 14.7. The first-order chi connectivity index (χ1) is 24.7. The van der Waals surface area contributed by atoms with Crippen molar-refractivity contribution in [3.8, 4) is 11.5 Å². The molecule has 51 heavy (non-hydrogen) atoms. The topological polar surface area (TPSA) is 107 Å². The molecule has 3 saturated heterocycles. The number of phenolic OH excluding ortho intramolecular Hbond substituents is 1. The summed E-state index contributed by atoms with van der Waals surface area (Å²) in [6, 6.07) is 24.2. The monoisotopic (exact) mass is 683 g/mol. The van der Waals surface area contributed by atoms with E-state index in [4.69, 9.17) is 4.74 Å². The number of piperidine rings is 1. The molecule has 2 aliphatic carbocycles. The number of ether oxygens (including phenoxy) is 1. The molecule has 0 aromatic heterocycles. The van der Waals surface area contributed by atoms with E-state index in [2.05, 4.69) is 23.1 Å². The van der Waals surface area contributed by atoms with E-state index in [0.29, 0.717) is 30.7 Å². The van der Waals surface area contributed by atoms with E-state index in [0.717, 1.165) is 49.2 Å². The molecule has 1 N–H and O–H groups in total. The first-order valence-corrected chi connectivity index (χ1v) is 18.2. The molecule has 6 atom stereocenters. The SMILES string of the molecule is C[C@@]12C(=O)N(c3ccccc3)C(=O)[C@@H]1C[C@@H]1C(=CC[C@@H]3C(=O)N(C4CCN(Cc5ccccc5)CC4)C(=O)[C@@H]31)[C@@H]2C1=COc2ccc(O)cc2C1. The number of aromatic hydroxyl groups is 1. The van der Waals surface area contributed by atoms with Crippen molar-refractivity contribution in [3.05, 3.63) is 113 Å². The average Bonchev–Trinajstić information content (AvgIpc) is 3.51. The van der Waals surface area contributed by atoms with E-state index in [1.54, 1.807) is 41.5 Å². The lowest BCUT2D eigenvalue weighted by Crippen LogP contribution is -2.51. The summed E-state index contributed by atoms with van der Waals surface area (Å²) >= 11 is 0. The summed E-state index contributed by atoms with van der Waals surface area (Å²) in [4.78, 5) is 63.2. The molecule has 0 unspecified atom stereocenters. The molecule has 4 amide bonds. The Hall–Kier alpha value is -5.02. The van der Waals surface area contributed by atoms with Gasteiger partial charge in [-0.3, -0.25) is 29.0 Å². The van der Waals surface area contributed by atoms with Gasteiger partial charge < -0.3 is 9.84 Å². The Balaban J connectivity index is 1.05. The van der Waals surface area contributed by atoms with E-state index in [1.807, 2.05) is 43.3 Å². The molecular formula is C42H41N3O6. The molecule has 9 heteroatoms. The molecular weight excluding hydrogens is 642 g/mol. The van der Waals surface area contributed by atoms with Gasteiger partial charge in [-0.05, 0) is 80.0 Å². The van der Waals surface area contributed by atoms with Crippen LogP contribution >= 0.6 is 0 Å². The van der Waals surface area contributed by atoms with Crippen LogP contribution in [0.25, 0.3) is 0 Å². The third-order valence-corrected chi connectivity index (χ3v) is 12.6. The Morgan fingerprint density at radius 3 is 2.33 bits per heavy atom. The molecule has 0 bridgehead atoms. The highest BCUT2D eigenvalue weighted by atomic mass is 16.5. The van der Waals surface area contributed by atoms with Crippen LogP contribution in [0.4, 0.5) is 5.69 Å². The normalized spacial score (nSPS) is 30.6. The second kappa shape index (κ2) is 12.0. The number of rotatable bonds is 5. The van der Waals surface area contributed by atoms with E-state index >= 15 is 0 Å². The number of anilines is 1. The zero-order valence-electron chi connectivity index (χ0n) is 28.6. The molecule has 4 fully saturated rings. The van der Waals surface area contributed by atoms with E-state index in [9.17, 15) is 24.3 Å². The Morgan fingerprint density at radius 2 is 1.59 bits per heavy atom. The lowest BCUT2D eigenvalue weighted by atomic mass is 9.51. The van der Waals surface area contributed by atoms with Gasteiger partial charge in [-0.25, -0.2) is 4.90 Å². The second-order valence-corrected chi connectivity index (χ2v) is 15.3. The number of nitrogens with zero attached hydrogens (tertiary/aromatic N) is 3. The van der Waals surface area contributed by atoms with Crippen molar-refractivity contribution in [2.24, 2.45) is 35.0 Å². The largest absolute Gasteiger partial charge is 0.508 e. The minimum Gasteiger partial charge on any atom is -0.508 e. The minimum absolute atomic E-state index is 0.101. The molecule has 9 rings (SSSR count). The summed E-state index contributed by atoms with van der Waals surface area (Å²) in [6.45, 7) is 4.34. The number of amides is 4. The van der Waals surface area contributed by atoms with Crippen LogP contribution in [0.2, 0.25) is 0 Å². The van der Waals surface area contributed by atoms with Crippen LogP contribution in [-0.4, -0.2) is 57.7 Å². The van der Waals surface area contributed by atoms with Gasteiger partial charge in [0.05, 0.1) is 35.1 Å². The zero-order chi connectivity index (χ0) is 35.0. The average molecular weight is 684 g/mol. The van der Waals surface area contributed by atoms with Crippen molar-refractivity contribution in [1.29, 1.82) is 0 Å². The van der Waals surface area contributed by atoms with Crippen LogP contribution in [0.15, 0.2) is 102 Å². The van der Waals surface area contributed by atoms with Crippen molar-refractivity contribution < 1.29 is 29.0 Å². The maximum Gasteiger partial charge on any atom is 0.241 e. The maximum atomic E-state index is 14.7. The highest BCUT2D eigenvalue weighted by Gasteiger charge is 2.68. The first kappa shape index (κ1) is 31.9. The Bertz CT molecular complexity index is 2000. The van der Waals surface area contributed by atoms with Crippen LogP contribution in [0.3, 0.4) is 0 Å².